The molecule has 0 aliphatic carbocycles. The molecule has 0 bridgehead atoms. The van der Waals surface area contributed by atoms with Crippen LogP contribution in [0.2, 0.25) is 0 Å². The summed E-state index contributed by atoms with van der Waals surface area (Å²) in [6, 6.07) is 6.22. The third kappa shape index (κ3) is 4.04. The van der Waals surface area contributed by atoms with Crippen LogP contribution in [0.1, 0.15) is 38.3 Å². The second kappa shape index (κ2) is 7.76. The molecular formula is C15H24N2O2S. The summed E-state index contributed by atoms with van der Waals surface area (Å²) >= 11 is 1.93. The van der Waals surface area contributed by atoms with Gasteiger partial charge in [-0.05, 0) is 24.1 Å². The number of fused-ring (bicyclic) bond motifs is 1. The largest absolute Gasteiger partial charge is 0.490 e. The van der Waals surface area contributed by atoms with E-state index in [1.807, 2.05) is 23.9 Å². The Morgan fingerprint density at radius 3 is 2.75 bits per heavy atom. The fourth-order valence-corrected chi connectivity index (χ4v) is 3.06. The first-order valence-corrected chi connectivity index (χ1v) is 8.26. The third-order valence-electron chi connectivity index (χ3n) is 3.50. The first-order valence-electron chi connectivity index (χ1n) is 7.21. The van der Waals surface area contributed by atoms with Gasteiger partial charge in [0.15, 0.2) is 11.5 Å². The molecule has 4 nitrogen and oxygen atoms in total. The molecule has 0 radical (unpaired) electrons. The number of rotatable bonds is 6. The van der Waals surface area contributed by atoms with E-state index in [0.717, 1.165) is 35.8 Å². The molecule has 1 aromatic rings. The molecule has 3 N–H and O–H groups in total. The lowest BCUT2D eigenvalue weighted by molar-refractivity contribution is 0.297. The molecule has 0 amide bonds. The standard InChI is InChI=1S/C15H24N2O2S/c1-3-11(2)20-10-13(17-16)12-5-6-14-15(9-12)19-8-4-7-18-14/h5-6,9,11,13,17H,3-4,7-8,10,16H2,1-2H3. The van der Waals surface area contributed by atoms with E-state index in [0.29, 0.717) is 11.9 Å². The fourth-order valence-electron chi connectivity index (χ4n) is 2.02. The molecule has 0 aromatic heterocycles. The van der Waals surface area contributed by atoms with Crippen LogP contribution in [0.3, 0.4) is 0 Å². The van der Waals surface area contributed by atoms with Crippen molar-refractivity contribution in [2.45, 2.75) is 38.0 Å². The van der Waals surface area contributed by atoms with Crippen molar-refractivity contribution in [3.8, 4) is 11.5 Å². The molecule has 2 rings (SSSR count). The van der Waals surface area contributed by atoms with Crippen LogP contribution in [0.5, 0.6) is 11.5 Å². The predicted octanol–water partition coefficient (Wildman–Crippen LogP) is 2.88. The second-order valence-corrected chi connectivity index (χ2v) is 6.50. The average Bonchev–Trinajstić information content (AvgIpc) is 2.72. The zero-order chi connectivity index (χ0) is 14.4. The Kier molecular flexibility index (Phi) is 6.01. The van der Waals surface area contributed by atoms with Crippen molar-refractivity contribution in [3.05, 3.63) is 23.8 Å². The van der Waals surface area contributed by atoms with Gasteiger partial charge < -0.3 is 9.47 Å². The van der Waals surface area contributed by atoms with Crippen LogP contribution in [0, 0.1) is 0 Å². The second-order valence-electron chi connectivity index (χ2n) is 5.03. The molecule has 1 heterocycles. The van der Waals surface area contributed by atoms with Gasteiger partial charge >= 0.3 is 0 Å². The Morgan fingerprint density at radius 2 is 2.05 bits per heavy atom. The Morgan fingerprint density at radius 1 is 1.30 bits per heavy atom. The SMILES string of the molecule is CCC(C)SCC(NN)c1ccc2c(c1)OCCCO2. The van der Waals surface area contributed by atoms with Crippen LogP contribution in [-0.4, -0.2) is 24.2 Å². The lowest BCUT2D eigenvalue weighted by Gasteiger charge is -2.19. The van der Waals surface area contributed by atoms with Gasteiger partial charge in [0.25, 0.3) is 0 Å². The van der Waals surface area contributed by atoms with E-state index in [4.69, 9.17) is 15.3 Å². The van der Waals surface area contributed by atoms with E-state index in [1.165, 1.54) is 6.42 Å². The maximum absolute atomic E-state index is 5.73. The number of hydrazine groups is 1. The van der Waals surface area contributed by atoms with Gasteiger partial charge in [-0.2, -0.15) is 11.8 Å². The molecule has 0 saturated carbocycles. The lowest BCUT2D eigenvalue weighted by Crippen LogP contribution is -2.30. The summed E-state index contributed by atoms with van der Waals surface area (Å²) in [5.41, 5.74) is 4.05. The van der Waals surface area contributed by atoms with Gasteiger partial charge in [0.05, 0.1) is 19.3 Å². The van der Waals surface area contributed by atoms with E-state index in [9.17, 15) is 0 Å². The van der Waals surface area contributed by atoms with Crippen molar-refractivity contribution >= 4 is 11.8 Å². The van der Waals surface area contributed by atoms with Gasteiger partial charge in [-0.3, -0.25) is 11.3 Å². The highest BCUT2D eigenvalue weighted by molar-refractivity contribution is 7.99. The van der Waals surface area contributed by atoms with Crippen molar-refractivity contribution in [3.63, 3.8) is 0 Å². The summed E-state index contributed by atoms with van der Waals surface area (Å²) in [7, 11) is 0. The lowest BCUT2D eigenvalue weighted by atomic mass is 10.1. The van der Waals surface area contributed by atoms with Crippen molar-refractivity contribution < 1.29 is 9.47 Å². The minimum absolute atomic E-state index is 0.131. The quantitative estimate of drug-likeness (QED) is 0.624. The van der Waals surface area contributed by atoms with E-state index in [-0.39, 0.29) is 6.04 Å². The van der Waals surface area contributed by atoms with Crippen LogP contribution in [0.25, 0.3) is 0 Å². The van der Waals surface area contributed by atoms with Crippen LogP contribution in [-0.2, 0) is 0 Å². The first-order chi connectivity index (χ1) is 9.74. The monoisotopic (exact) mass is 296 g/mol. The normalized spacial score (nSPS) is 17.4. The van der Waals surface area contributed by atoms with E-state index < -0.39 is 0 Å². The molecule has 112 valence electrons. The Bertz CT molecular complexity index is 428. The summed E-state index contributed by atoms with van der Waals surface area (Å²) in [5.74, 6) is 8.31. The van der Waals surface area contributed by atoms with E-state index >= 15 is 0 Å². The highest BCUT2D eigenvalue weighted by Crippen LogP contribution is 2.33. The zero-order valence-corrected chi connectivity index (χ0v) is 13.0. The smallest absolute Gasteiger partial charge is 0.161 e. The molecule has 1 aliphatic rings. The average molecular weight is 296 g/mol. The number of nitrogens with two attached hydrogens (primary N) is 1. The number of hydrogen-bond acceptors (Lipinski definition) is 5. The van der Waals surface area contributed by atoms with E-state index in [1.54, 1.807) is 0 Å². The third-order valence-corrected chi connectivity index (χ3v) is 4.93. The summed E-state index contributed by atoms with van der Waals surface area (Å²) in [6.07, 6.45) is 2.09. The Balaban J connectivity index is 2.07. The van der Waals surface area contributed by atoms with Crippen molar-refractivity contribution in [1.29, 1.82) is 0 Å². The topological polar surface area (TPSA) is 56.5 Å². The van der Waals surface area contributed by atoms with Gasteiger partial charge in [-0.15, -0.1) is 0 Å². The molecule has 2 atom stereocenters. The molecule has 0 saturated heterocycles. The summed E-state index contributed by atoms with van der Waals surface area (Å²) in [4.78, 5) is 0. The fraction of sp³-hybridized carbons (Fsp3) is 0.600. The maximum atomic E-state index is 5.73. The predicted molar refractivity (Wildman–Crippen MR) is 84.3 cm³/mol. The highest BCUT2D eigenvalue weighted by Gasteiger charge is 2.16. The number of nitrogens with one attached hydrogen (secondary N) is 1. The van der Waals surface area contributed by atoms with Crippen LogP contribution >= 0.6 is 11.8 Å². The molecule has 1 aromatic carbocycles. The highest BCUT2D eigenvalue weighted by atomic mass is 32.2. The summed E-state index contributed by atoms with van der Waals surface area (Å²) < 4.78 is 11.4. The van der Waals surface area contributed by atoms with Crippen molar-refractivity contribution in [2.24, 2.45) is 5.84 Å². The number of hydrogen-bond donors (Lipinski definition) is 2. The molecule has 20 heavy (non-hydrogen) atoms. The molecule has 5 heteroatoms. The van der Waals surface area contributed by atoms with Gasteiger partial charge in [0, 0.05) is 17.4 Å². The molecule has 0 fully saturated rings. The number of ether oxygens (including phenoxy) is 2. The Hall–Kier alpha value is -0.910. The van der Waals surface area contributed by atoms with Gasteiger partial charge in [0.1, 0.15) is 0 Å². The Labute approximate surface area is 125 Å². The number of benzene rings is 1. The van der Waals surface area contributed by atoms with Crippen LogP contribution in [0.4, 0.5) is 0 Å². The van der Waals surface area contributed by atoms with Crippen LogP contribution < -0.4 is 20.7 Å². The van der Waals surface area contributed by atoms with Gasteiger partial charge in [-0.1, -0.05) is 19.9 Å². The van der Waals surface area contributed by atoms with Crippen molar-refractivity contribution in [1.82, 2.24) is 5.43 Å². The summed E-state index contributed by atoms with van der Waals surface area (Å²) in [6.45, 7) is 5.87. The maximum Gasteiger partial charge on any atom is 0.161 e. The molecule has 0 spiro atoms. The minimum atomic E-state index is 0.131. The molecular weight excluding hydrogens is 272 g/mol. The van der Waals surface area contributed by atoms with Crippen molar-refractivity contribution in [2.75, 3.05) is 19.0 Å². The van der Waals surface area contributed by atoms with Gasteiger partial charge in [-0.25, -0.2) is 0 Å². The molecule has 2 unspecified atom stereocenters. The molecule has 1 aliphatic heterocycles. The minimum Gasteiger partial charge on any atom is -0.490 e. The zero-order valence-electron chi connectivity index (χ0n) is 12.2. The van der Waals surface area contributed by atoms with Gasteiger partial charge in [0.2, 0.25) is 0 Å². The van der Waals surface area contributed by atoms with Crippen LogP contribution in [0.15, 0.2) is 18.2 Å². The summed E-state index contributed by atoms with van der Waals surface area (Å²) in [5, 5.41) is 0.645. The van der Waals surface area contributed by atoms with E-state index in [2.05, 4.69) is 25.3 Å². The first kappa shape index (κ1) is 15.5. The number of thioether (sulfide) groups is 1.